The standard InChI is InChI=1S/C23H40O7/c1-4-7-10-13-20(24)28-18-16-27-17-19(29-21(25)14-11-8-5-2)23(18)30-22(26)15-12-9-6-3/h18-19,23H,4-17H2,1-3H3/t18-,19+,23?. The lowest BCUT2D eigenvalue weighted by Crippen LogP contribution is -2.53. The van der Waals surface area contributed by atoms with E-state index in [-0.39, 0.29) is 31.1 Å². The van der Waals surface area contributed by atoms with Crippen molar-refractivity contribution in [2.45, 2.75) is 116 Å². The predicted molar refractivity (Wildman–Crippen MR) is 113 cm³/mol. The molecule has 0 bridgehead atoms. The van der Waals surface area contributed by atoms with Crippen molar-refractivity contribution in [3.05, 3.63) is 0 Å². The average molecular weight is 429 g/mol. The second-order valence-corrected chi connectivity index (χ2v) is 7.92. The number of carbonyl (C=O) groups excluding carboxylic acids is 3. The van der Waals surface area contributed by atoms with E-state index in [1.807, 2.05) is 0 Å². The van der Waals surface area contributed by atoms with E-state index in [1.165, 1.54) is 0 Å². The van der Waals surface area contributed by atoms with Crippen LogP contribution in [0.25, 0.3) is 0 Å². The summed E-state index contributed by atoms with van der Waals surface area (Å²) in [4.78, 5) is 36.7. The Morgan fingerprint density at radius 1 is 0.633 bits per heavy atom. The van der Waals surface area contributed by atoms with Crippen LogP contribution in [0.4, 0.5) is 0 Å². The van der Waals surface area contributed by atoms with Crippen molar-refractivity contribution >= 4 is 17.9 Å². The number of ether oxygens (including phenoxy) is 4. The molecule has 0 aromatic heterocycles. The molecule has 30 heavy (non-hydrogen) atoms. The molecule has 0 saturated carbocycles. The number of esters is 3. The quantitative estimate of drug-likeness (QED) is 0.216. The molecule has 174 valence electrons. The maximum absolute atomic E-state index is 12.3. The van der Waals surface area contributed by atoms with E-state index in [1.54, 1.807) is 0 Å². The molecule has 0 N–H and O–H groups in total. The summed E-state index contributed by atoms with van der Waals surface area (Å²) in [6.07, 6.45) is 6.63. The average Bonchev–Trinajstić information content (AvgIpc) is 2.71. The van der Waals surface area contributed by atoms with Crippen LogP contribution in [0, 0.1) is 0 Å². The molecule has 0 aromatic carbocycles. The van der Waals surface area contributed by atoms with Gasteiger partial charge in [-0.2, -0.15) is 0 Å². The first-order valence-corrected chi connectivity index (χ1v) is 11.7. The minimum absolute atomic E-state index is 0.121. The highest BCUT2D eigenvalue weighted by Gasteiger charge is 2.41. The summed E-state index contributed by atoms with van der Waals surface area (Å²) in [7, 11) is 0. The lowest BCUT2D eigenvalue weighted by atomic mass is 10.1. The molecule has 1 unspecified atom stereocenters. The molecule has 7 nitrogen and oxygen atoms in total. The summed E-state index contributed by atoms with van der Waals surface area (Å²) >= 11 is 0. The molecule has 1 rings (SSSR count). The summed E-state index contributed by atoms with van der Waals surface area (Å²) in [5, 5.41) is 0. The van der Waals surface area contributed by atoms with Gasteiger partial charge in [-0.3, -0.25) is 14.4 Å². The van der Waals surface area contributed by atoms with Gasteiger partial charge in [0.1, 0.15) is 0 Å². The van der Waals surface area contributed by atoms with E-state index in [0.29, 0.717) is 19.3 Å². The third-order valence-corrected chi connectivity index (χ3v) is 5.08. The summed E-state index contributed by atoms with van der Waals surface area (Å²) in [6, 6.07) is 0. The lowest BCUT2D eigenvalue weighted by Gasteiger charge is -2.36. The molecule has 1 aliphatic rings. The Bertz CT molecular complexity index is 474. The van der Waals surface area contributed by atoms with Crippen molar-refractivity contribution < 1.29 is 33.3 Å². The van der Waals surface area contributed by atoms with Crippen molar-refractivity contribution in [2.24, 2.45) is 0 Å². The Morgan fingerprint density at radius 3 is 1.37 bits per heavy atom. The summed E-state index contributed by atoms with van der Waals surface area (Å²) in [6.45, 7) is 6.43. The monoisotopic (exact) mass is 428 g/mol. The number of carbonyl (C=O) groups is 3. The van der Waals surface area contributed by atoms with Crippen LogP contribution < -0.4 is 0 Å². The normalized spacial score (nSPS) is 21.1. The Morgan fingerprint density at radius 2 is 1.00 bits per heavy atom. The van der Waals surface area contributed by atoms with Crippen molar-refractivity contribution in [1.29, 1.82) is 0 Å². The van der Waals surface area contributed by atoms with E-state index < -0.39 is 18.3 Å². The Labute approximate surface area is 181 Å². The van der Waals surface area contributed by atoms with Gasteiger partial charge in [-0.05, 0) is 19.3 Å². The third kappa shape index (κ3) is 11.0. The van der Waals surface area contributed by atoms with Crippen LogP contribution in [0.1, 0.15) is 97.8 Å². The fraction of sp³-hybridized carbons (Fsp3) is 0.870. The number of unbranched alkanes of at least 4 members (excludes halogenated alkanes) is 6. The fourth-order valence-electron chi connectivity index (χ4n) is 3.31. The zero-order chi connectivity index (χ0) is 22.2. The maximum atomic E-state index is 12.3. The van der Waals surface area contributed by atoms with Gasteiger partial charge in [0, 0.05) is 19.3 Å². The molecule has 0 spiro atoms. The van der Waals surface area contributed by atoms with Crippen LogP contribution in [0.15, 0.2) is 0 Å². The van der Waals surface area contributed by atoms with Crippen molar-refractivity contribution in [3.63, 3.8) is 0 Å². The zero-order valence-corrected chi connectivity index (χ0v) is 19.0. The topological polar surface area (TPSA) is 88.1 Å². The van der Waals surface area contributed by atoms with Gasteiger partial charge in [0.25, 0.3) is 0 Å². The largest absolute Gasteiger partial charge is 0.456 e. The van der Waals surface area contributed by atoms with Crippen molar-refractivity contribution in [2.75, 3.05) is 13.2 Å². The van der Waals surface area contributed by atoms with E-state index >= 15 is 0 Å². The first-order valence-electron chi connectivity index (χ1n) is 11.7. The molecule has 0 radical (unpaired) electrons. The fourth-order valence-corrected chi connectivity index (χ4v) is 3.31. The number of hydrogen-bond donors (Lipinski definition) is 0. The van der Waals surface area contributed by atoms with Crippen molar-refractivity contribution in [3.8, 4) is 0 Å². The number of hydrogen-bond acceptors (Lipinski definition) is 7. The van der Waals surface area contributed by atoms with E-state index in [0.717, 1.165) is 57.8 Å². The minimum Gasteiger partial charge on any atom is -0.456 e. The molecule has 1 heterocycles. The molecular weight excluding hydrogens is 388 g/mol. The zero-order valence-electron chi connectivity index (χ0n) is 19.0. The van der Waals surface area contributed by atoms with Gasteiger partial charge in [-0.25, -0.2) is 0 Å². The van der Waals surface area contributed by atoms with Crippen LogP contribution in [-0.2, 0) is 33.3 Å². The van der Waals surface area contributed by atoms with Crippen molar-refractivity contribution in [1.82, 2.24) is 0 Å². The summed E-state index contributed by atoms with van der Waals surface area (Å²) in [5.74, 6) is -1.06. The SMILES string of the molecule is CCCCCC(=O)OC1[C@@H](OC(=O)CCCCC)COC[C@H]1OC(=O)CCCCC. The smallest absolute Gasteiger partial charge is 0.306 e. The Balaban J connectivity index is 2.73. The minimum atomic E-state index is -0.835. The molecule has 0 amide bonds. The van der Waals surface area contributed by atoms with Gasteiger partial charge in [0.05, 0.1) is 13.2 Å². The van der Waals surface area contributed by atoms with Gasteiger partial charge in [-0.15, -0.1) is 0 Å². The molecule has 0 aliphatic carbocycles. The van der Waals surface area contributed by atoms with Gasteiger partial charge in [0.2, 0.25) is 0 Å². The molecular formula is C23H40O7. The summed E-state index contributed by atoms with van der Waals surface area (Å²) in [5.41, 5.74) is 0. The van der Waals surface area contributed by atoms with Gasteiger partial charge in [-0.1, -0.05) is 59.3 Å². The van der Waals surface area contributed by atoms with E-state index in [9.17, 15) is 14.4 Å². The van der Waals surface area contributed by atoms with Crippen LogP contribution in [0.3, 0.4) is 0 Å². The molecule has 7 heteroatoms. The van der Waals surface area contributed by atoms with Crippen LogP contribution in [-0.4, -0.2) is 49.4 Å². The second-order valence-electron chi connectivity index (χ2n) is 7.92. The van der Waals surface area contributed by atoms with Gasteiger partial charge in [0.15, 0.2) is 18.3 Å². The molecule has 1 aliphatic heterocycles. The highest BCUT2D eigenvalue weighted by Crippen LogP contribution is 2.22. The third-order valence-electron chi connectivity index (χ3n) is 5.08. The highest BCUT2D eigenvalue weighted by atomic mass is 16.6. The first-order chi connectivity index (χ1) is 14.5. The first kappa shape index (κ1) is 26.4. The van der Waals surface area contributed by atoms with Crippen LogP contribution in [0.5, 0.6) is 0 Å². The van der Waals surface area contributed by atoms with Gasteiger partial charge < -0.3 is 18.9 Å². The van der Waals surface area contributed by atoms with Gasteiger partial charge >= 0.3 is 17.9 Å². The van der Waals surface area contributed by atoms with E-state index in [4.69, 9.17) is 18.9 Å². The molecule has 3 atom stereocenters. The Kier molecular flexibility index (Phi) is 14.2. The molecule has 1 saturated heterocycles. The lowest BCUT2D eigenvalue weighted by molar-refractivity contribution is -0.211. The van der Waals surface area contributed by atoms with E-state index in [2.05, 4.69) is 20.8 Å². The van der Waals surface area contributed by atoms with Crippen LogP contribution >= 0.6 is 0 Å². The Hall–Kier alpha value is -1.63. The molecule has 0 aromatic rings. The predicted octanol–water partition coefficient (Wildman–Crippen LogP) is 4.49. The van der Waals surface area contributed by atoms with Crippen LogP contribution in [0.2, 0.25) is 0 Å². The highest BCUT2D eigenvalue weighted by molar-refractivity contribution is 5.71. The number of rotatable bonds is 15. The molecule has 1 fully saturated rings. The maximum Gasteiger partial charge on any atom is 0.306 e. The summed E-state index contributed by atoms with van der Waals surface area (Å²) < 4.78 is 22.3. The second kappa shape index (κ2) is 16.1.